The van der Waals surface area contributed by atoms with Gasteiger partial charge in [-0.25, -0.2) is 4.98 Å². The maximum Gasteiger partial charge on any atom is 0.281 e. The molecule has 0 atom stereocenters. The summed E-state index contributed by atoms with van der Waals surface area (Å²) in [6, 6.07) is 13.3. The van der Waals surface area contributed by atoms with Gasteiger partial charge in [0, 0.05) is 24.0 Å². The Morgan fingerprint density at radius 1 is 1.08 bits per heavy atom. The quantitative estimate of drug-likeness (QED) is 0.621. The summed E-state index contributed by atoms with van der Waals surface area (Å²) in [5.41, 5.74) is 1.05. The number of nitrogens with zero attached hydrogens (tertiary/aromatic N) is 5. The Morgan fingerprint density at radius 3 is 2.58 bits per heavy atom. The van der Waals surface area contributed by atoms with Crippen LogP contribution in [0.3, 0.4) is 0 Å². The largest absolute Gasteiger partial charge is 0.307 e. The highest BCUT2D eigenvalue weighted by molar-refractivity contribution is 7.13. The highest BCUT2D eigenvalue weighted by Crippen LogP contribution is 2.19. The lowest BCUT2D eigenvalue weighted by Crippen LogP contribution is -2.16. The average molecular weight is 336 g/mol. The van der Waals surface area contributed by atoms with Crippen molar-refractivity contribution >= 4 is 22.4 Å². The Bertz CT molecular complexity index is 944. The second-order valence-corrected chi connectivity index (χ2v) is 5.79. The van der Waals surface area contributed by atoms with Crippen LogP contribution in [0.25, 0.3) is 11.5 Å². The molecular formula is C16H12N6OS. The smallest absolute Gasteiger partial charge is 0.281 e. The lowest BCUT2D eigenvalue weighted by Gasteiger charge is -2.08. The van der Waals surface area contributed by atoms with Gasteiger partial charge in [0.15, 0.2) is 16.6 Å². The predicted molar refractivity (Wildman–Crippen MR) is 90.8 cm³/mol. The summed E-state index contributed by atoms with van der Waals surface area (Å²) in [5, 5.41) is 13.3. The highest BCUT2D eigenvalue weighted by Gasteiger charge is 2.22. The second kappa shape index (κ2) is 6.09. The van der Waals surface area contributed by atoms with E-state index >= 15 is 0 Å². The van der Waals surface area contributed by atoms with Crippen molar-refractivity contribution in [1.29, 1.82) is 0 Å². The number of aromatic nitrogens is 5. The third-order valence-electron chi connectivity index (χ3n) is 3.36. The minimum Gasteiger partial charge on any atom is -0.307 e. The molecule has 3 heterocycles. The Balaban J connectivity index is 1.80. The zero-order valence-electron chi connectivity index (χ0n) is 12.4. The molecule has 0 spiro atoms. The first kappa shape index (κ1) is 14.3. The number of hydrogen-bond acceptors (Lipinski definition) is 5. The van der Waals surface area contributed by atoms with Crippen molar-refractivity contribution in [3.05, 3.63) is 72.1 Å². The van der Waals surface area contributed by atoms with Gasteiger partial charge in [-0.1, -0.05) is 23.4 Å². The SMILES string of the molecule is O=C(Nc1nccs1)c1nnn(-c2ccccc2)c1-n1cccc1. The lowest BCUT2D eigenvalue weighted by atomic mass is 10.3. The van der Waals surface area contributed by atoms with Gasteiger partial charge in [-0.15, -0.1) is 16.4 Å². The number of nitrogens with one attached hydrogen (secondary N) is 1. The number of rotatable bonds is 4. The molecule has 0 fully saturated rings. The van der Waals surface area contributed by atoms with Gasteiger partial charge in [0.05, 0.1) is 5.69 Å². The van der Waals surface area contributed by atoms with Crippen molar-refractivity contribution in [3.8, 4) is 11.5 Å². The van der Waals surface area contributed by atoms with E-state index in [1.54, 1.807) is 16.3 Å². The maximum atomic E-state index is 12.6. The molecular weight excluding hydrogens is 324 g/mol. The van der Waals surface area contributed by atoms with Gasteiger partial charge >= 0.3 is 0 Å². The topological polar surface area (TPSA) is 77.6 Å². The van der Waals surface area contributed by atoms with Crippen LogP contribution in [-0.4, -0.2) is 30.5 Å². The summed E-state index contributed by atoms with van der Waals surface area (Å²) in [6.07, 6.45) is 5.32. The molecule has 118 valence electrons. The van der Waals surface area contributed by atoms with Crippen LogP contribution in [0.5, 0.6) is 0 Å². The van der Waals surface area contributed by atoms with Crippen molar-refractivity contribution in [1.82, 2.24) is 24.5 Å². The van der Waals surface area contributed by atoms with E-state index in [1.807, 2.05) is 59.4 Å². The molecule has 0 aliphatic carbocycles. The number of hydrogen-bond donors (Lipinski definition) is 1. The first-order valence-corrected chi connectivity index (χ1v) is 8.06. The van der Waals surface area contributed by atoms with E-state index in [0.29, 0.717) is 10.9 Å². The van der Waals surface area contributed by atoms with Crippen LogP contribution in [0.2, 0.25) is 0 Å². The van der Waals surface area contributed by atoms with E-state index in [0.717, 1.165) is 5.69 Å². The fourth-order valence-corrected chi connectivity index (χ4v) is 2.84. The molecule has 3 aromatic heterocycles. The number of amides is 1. The Hall–Kier alpha value is -3.26. The Morgan fingerprint density at radius 2 is 1.88 bits per heavy atom. The van der Waals surface area contributed by atoms with Gasteiger partial charge in [-0.3, -0.25) is 10.1 Å². The van der Waals surface area contributed by atoms with Crippen molar-refractivity contribution in [2.75, 3.05) is 5.32 Å². The Kier molecular flexibility index (Phi) is 3.64. The van der Waals surface area contributed by atoms with Crippen molar-refractivity contribution in [3.63, 3.8) is 0 Å². The second-order valence-electron chi connectivity index (χ2n) is 4.89. The molecule has 0 saturated heterocycles. The third kappa shape index (κ3) is 2.59. The average Bonchev–Trinajstić information content (AvgIpc) is 3.36. The fraction of sp³-hybridized carbons (Fsp3) is 0. The minimum absolute atomic E-state index is 0.227. The van der Waals surface area contributed by atoms with Crippen molar-refractivity contribution < 1.29 is 4.79 Å². The molecule has 0 aliphatic heterocycles. The molecule has 1 N–H and O–H groups in total. The van der Waals surface area contributed by atoms with Gasteiger partial charge in [0.2, 0.25) is 0 Å². The van der Waals surface area contributed by atoms with Gasteiger partial charge in [-0.2, -0.15) is 4.68 Å². The minimum atomic E-state index is -0.351. The molecule has 4 aromatic rings. The van der Waals surface area contributed by atoms with E-state index in [1.165, 1.54) is 11.3 Å². The summed E-state index contributed by atoms with van der Waals surface area (Å²) in [5.74, 6) is 0.219. The van der Waals surface area contributed by atoms with Gasteiger partial charge < -0.3 is 4.57 Å². The van der Waals surface area contributed by atoms with Crippen LogP contribution >= 0.6 is 11.3 Å². The third-order valence-corrected chi connectivity index (χ3v) is 4.05. The molecule has 0 aliphatic rings. The monoisotopic (exact) mass is 336 g/mol. The summed E-state index contributed by atoms with van der Waals surface area (Å²) in [7, 11) is 0. The highest BCUT2D eigenvalue weighted by atomic mass is 32.1. The van der Waals surface area contributed by atoms with Crippen molar-refractivity contribution in [2.24, 2.45) is 0 Å². The molecule has 7 nitrogen and oxygen atoms in total. The molecule has 1 aromatic carbocycles. The predicted octanol–water partition coefficient (Wildman–Crippen LogP) is 2.77. The molecule has 4 rings (SSSR count). The maximum absolute atomic E-state index is 12.6. The molecule has 1 amide bonds. The molecule has 24 heavy (non-hydrogen) atoms. The van der Waals surface area contributed by atoms with E-state index in [2.05, 4.69) is 20.6 Å². The van der Waals surface area contributed by atoms with Crippen molar-refractivity contribution in [2.45, 2.75) is 0 Å². The van der Waals surface area contributed by atoms with E-state index in [4.69, 9.17) is 0 Å². The first-order valence-electron chi connectivity index (χ1n) is 7.18. The normalized spacial score (nSPS) is 10.7. The molecule has 0 bridgehead atoms. The van der Waals surface area contributed by atoms with Crippen LogP contribution in [0.15, 0.2) is 66.4 Å². The lowest BCUT2D eigenvalue weighted by molar-refractivity contribution is 0.102. The van der Waals surface area contributed by atoms with Crippen LogP contribution < -0.4 is 5.32 Å². The molecule has 8 heteroatoms. The van der Waals surface area contributed by atoms with Crippen LogP contribution in [-0.2, 0) is 0 Å². The standard InChI is InChI=1S/C16H12N6OS/c23-14(18-16-17-8-11-24-16)13-15(21-9-4-5-10-21)22(20-19-13)12-6-2-1-3-7-12/h1-11H,(H,17,18,23). The number of para-hydroxylation sites is 1. The number of carbonyl (C=O) groups excluding carboxylic acids is 1. The zero-order valence-corrected chi connectivity index (χ0v) is 13.2. The summed E-state index contributed by atoms with van der Waals surface area (Å²) in [4.78, 5) is 16.7. The first-order chi connectivity index (χ1) is 11.8. The summed E-state index contributed by atoms with van der Waals surface area (Å²) < 4.78 is 3.44. The molecule has 0 saturated carbocycles. The number of anilines is 1. The van der Waals surface area contributed by atoms with Gasteiger partial charge in [0.25, 0.3) is 5.91 Å². The van der Waals surface area contributed by atoms with Crippen LogP contribution in [0, 0.1) is 0 Å². The summed E-state index contributed by atoms with van der Waals surface area (Å²) >= 11 is 1.35. The zero-order chi connectivity index (χ0) is 16.4. The summed E-state index contributed by atoms with van der Waals surface area (Å²) in [6.45, 7) is 0. The van der Waals surface area contributed by atoms with E-state index < -0.39 is 0 Å². The number of benzene rings is 1. The van der Waals surface area contributed by atoms with Gasteiger partial charge in [0.1, 0.15) is 0 Å². The number of carbonyl (C=O) groups is 1. The van der Waals surface area contributed by atoms with E-state index in [-0.39, 0.29) is 11.6 Å². The van der Waals surface area contributed by atoms with Gasteiger partial charge in [-0.05, 0) is 24.3 Å². The number of thiazole rings is 1. The van der Waals surface area contributed by atoms with Crippen LogP contribution in [0.4, 0.5) is 5.13 Å². The molecule has 0 radical (unpaired) electrons. The van der Waals surface area contributed by atoms with E-state index in [9.17, 15) is 4.79 Å². The molecule has 0 unspecified atom stereocenters. The van der Waals surface area contributed by atoms with Crippen LogP contribution in [0.1, 0.15) is 10.5 Å². The fourth-order valence-electron chi connectivity index (χ4n) is 2.32. The Labute approximate surface area is 141 Å².